The van der Waals surface area contributed by atoms with E-state index < -0.39 is 0 Å². The lowest BCUT2D eigenvalue weighted by molar-refractivity contribution is -0.113. The van der Waals surface area contributed by atoms with Gasteiger partial charge in [-0.2, -0.15) is 5.26 Å². The lowest BCUT2D eigenvalue weighted by Crippen LogP contribution is -2.14. The molecule has 0 saturated carbocycles. The summed E-state index contributed by atoms with van der Waals surface area (Å²) in [5.41, 5.74) is 3.88. The van der Waals surface area contributed by atoms with Crippen molar-refractivity contribution in [3.05, 3.63) is 40.3 Å². The molecule has 0 unspecified atom stereocenters. The number of rotatable bonds is 7. The van der Waals surface area contributed by atoms with Gasteiger partial charge >= 0.3 is 0 Å². The van der Waals surface area contributed by atoms with Gasteiger partial charge < -0.3 is 14.8 Å². The van der Waals surface area contributed by atoms with Crippen molar-refractivity contribution >= 4 is 39.7 Å². The van der Waals surface area contributed by atoms with E-state index in [0.29, 0.717) is 22.3 Å². The van der Waals surface area contributed by atoms with Crippen LogP contribution in [0.2, 0.25) is 0 Å². The largest absolute Gasteiger partial charge is 0.378 e. The summed E-state index contributed by atoms with van der Waals surface area (Å²) in [4.78, 5) is 16.1. The average molecular weight is 495 g/mol. The molecule has 1 aliphatic rings. The molecule has 1 aromatic carbocycles. The molecule has 4 rings (SSSR count). The highest BCUT2D eigenvalue weighted by molar-refractivity contribution is 7.99. The zero-order chi connectivity index (χ0) is 24.1. The molecule has 2 aromatic heterocycles. The zero-order valence-electron chi connectivity index (χ0n) is 19.9. The molecule has 9 heteroatoms. The highest BCUT2D eigenvalue weighted by atomic mass is 32.2. The third-order valence-corrected chi connectivity index (χ3v) is 8.20. The molecule has 7 nitrogen and oxygen atoms in total. The first kappa shape index (κ1) is 24.3. The van der Waals surface area contributed by atoms with Crippen molar-refractivity contribution in [2.45, 2.75) is 57.1 Å². The van der Waals surface area contributed by atoms with Gasteiger partial charge in [0, 0.05) is 36.8 Å². The SMILES string of the molecule is CCn1c(SCC(=O)Nc2sc3c(c2C#N)CCCCCC3)nnc1-c1cccc(N(C)C)c1. The highest BCUT2D eigenvalue weighted by Crippen LogP contribution is 2.36. The Morgan fingerprint density at radius 2 is 2.03 bits per heavy atom. The molecular formula is C25H30N6OS2. The third-order valence-electron chi connectivity index (χ3n) is 6.02. The molecule has 1 amide bonds. The lowest BCUT2D eigenvalue weighted by atomic mass is 9.97. The maximum atomic E-state index is 12.8. The summed E-state index contributed by atoms with van der Waals surface area (Å²) in [6.45, 7) is 2.75. The smallest absolute Gasteiger partial charge is 0.235 e. The molecule has 2 heterocycles. The number of thiophene rings is 1. The molecule has 1 aliphatic carbocycles. The lowest BCUT2D eigenvalue weighted by Gasteiger charge is -2.14. The zero-order valence-corrected chi connectivity index (χ0v) is 21.6. The van der Waals surface area contributed by atoms with Gasteiger partial charge in [0.15, 0.2) is 11.0 Å². The van der Waals surface area contributed by atoms with Crippen LogP contribution in [0, 0.1) is 11.3 Å². The molecule has 34 heavy (non-hydrogen) atoms. The molecule has 0 aliphatic heterocycles. The van der Waals surface area contributed by atoms with Gasteiger partial charge in [0.05, 0.1) is 11.3 Å². The van der Waals surface area contributed by atoms with Crippen LogP contribution >= 0.6 is 23.1 Å². The minimum atomic E-state index is -0.127. The number of nitrogens with zero attached hydrogens (tertiary/aromatic N) is 5. The number of carbonyl (C=O) groups excluding carboxylic acids is 1. The molecule has 0 saturated heterocycles. The van der Waals surface area contributed by atoms with Crippen molar-refractivity contribution in [2.75, 3.05) is 30.1 Å². The number of nitrogens with one attached hydrogen (secondary N) is 1. The number of nitriles is 1. The minimum absolute atomic E-state index is 0.127. The maximum Gasteiger partial charge on any atom is 0.235 e. The Morgan fingerprint density at radius 3 is 2.76 bits per heavy atom. The molecule has 0 spiro atoms. The molecule has 0 radical (unpaired) electrons. The topological polar surface area (TPSA) is 86.8 Å². The van der Waals surface area contributed by atoms with Crippen molar-refractivity contribution in [3.8, 4) is 17.5 Å². The molecular weight excluding hydrogens is 464 g/mol. The molecule has 0 atom stereocenters. The summed E-state index contributed by atoms with van der Waals surface area (Å²) in [7, 11) is 4.02. The Hall–Kier alpha value is -2.83. The van der Waals surface area contributed by atoms with Crippen LogP contribution in [0.3, 0.4) is 0 Å². The van der Waals surface area contributed by atoms with Crippen LogP contribution in [0.5, 0.6) is 0 Å². The van der Waals surface area contributed by atoms with Crippen molar-refractivity contribution in [1.82, 2.24) is 14.8 Å². The van der Waals surface area contributed by atoms with Crippen LogP contribution in [-0.4, -0.2) is 40.5 Å². The molecule has 3 aromatic rings. The number of hydrogen-bond donors (Lipinski definition) is 1. The normalized spacial score (nSPS) is 13.5. The fourth-order valence-electron chi connectivity index (χ4n) is 4.24. The summed E-state index contributed by atoms with van der Waals surface area (Å²) in [5.74, 6) is 0.875. The van der Waals surface area contributed by atoms with E-state index in [1.165, 1.54) is 29.5 Å². The third kappa shape index (κ3) is 5.29. The maximum absolute atomic E-state index is 12.8. The second-order valence-electron chi connectivity index (χ2n) is 8.57. The number of hydrogen-bond acceptors (Lipinski definition) is 7. The Morgan fingerprint density at radius 1 is 1.24 bits per heavy atom. The first-order chi connectivity index (χ1) is 16.5. The predicted octanol–water partition coefficient (Wildman–Crippen LogP) is 5.35. The van der Waals surface area contributed by atoms with E-state index in [9.17, 15) is 10.1 Å². The van der Waals surface area contributed by atoms with Gasteiger partial charge in [-0.1, -0.05) is 36.7 Å². The number of aryl methyl sites for hydroxylation is 1. The molecule has 0 bridgehead atoms. The van der Waals surface area contributed by atoms with Crippen molar-refractivity contribution in [3.63, 3.8) is 0 Å². The second-order valence-corrected chi connectivity index (χ2v) is 10.6. The number of benzene rings is 1. The van der Waals surface area contributed by atoms with Crippen LogP contribution in [0.1, 0.15) is 48.6 Å². The van der Waals surface area contributed by atoms with Gasteiger partial charge in [-0.25, -0.2) is 0 Å². The first-order valence-electron chi connectivity index (χ1n) is 11.7. The Labute approximate surface area is 209 Å². The number of aromatic nitrogens is 3. The number of carbonyl (C=O) groups is 1. The van der Waals surface area contributed by atoms with E-state index in [2.05, 4.69) is 38.6 Å². The van der Waals surface area contributed by atoms with Gasteiger partial charge in [0.1, 0.15) is 11.1 Å². The van der Waals surface area contributed by atoms with E-state index in [0.717, 1.165) is 48.3 Å². The molecule has 178 valence electrons. The van der Waals surface area contributed by atoms with Crippen LogP contribution in [0.25, 0.3) is 11.4 Å². The quantitative estimate of drug-likeness (QED) is 0.445. The van der Waals surface area contributed by atoms with Gasteiger partial charge in [-0.3, -0.25) is 4.79 Å². The van der Waals surface area contributed by atoms with Crippen LogP contribution < -0.4 is 10.2 Å². The van der Waals surface area contributed by atoms with E-state index in [1.807, 2.05) is 37.7 Å². The number of fused-ring (bicyclic) bond motifs is 1. The van der Waals surface area contributed by atoms with E-state index in [1.54, 1.807) is 11.3 Å². The summed E-state index contributed by atoms with van der Waals surface area (Å²) in [6, 6.07) is 10.5. The van der Waals surface area contributed by atoms with Crippen LogP contribution in [0.4, 0.5) is 10.7 Å². The van der Waals surface area contributed by atoms with E-state index in [-0.39, 0.29) is 11.7 Å². The second kappa shape index (κ2) is 11.1. The first-order valence-corrected chi connectivity index (χ1v) is 13.5. The van der Waals surface area contributed by atoms with Crippen LogP contribution in [0.15, 0.2) is 29.4 Å². The van der Waals surface area contributed by atoms with Crippen molar-refractivity contribution in [2.24, 2.45) is 0 Å². The predicted molar refractivity (Wildman–Crippen MR) is 140 cm³/mol. The monoisotopic (exact) mass is 494 g/mol. The Kier molecular flexibility index (Phi) is 7.91. The fourth-order valence-corrected chi connectivity index (χ4v) is 6.29. The number of thioether (sulfide) groups is 1. The average Bonchev–Trinajstić information content (AvgIpc) is 3.37. The van der Waals surface area contributed by atoms with Crippen molar-refractivity contribution < 1.29 is 4.79 Å². The summed E-state index contributed by atoms with van der Waals surface area (Å²) >= 11 is 2.94. The van der Waals surface area contributed by atoms with Gasteiger partial charge in [0.25, 0.3) is 0 Å². The van der Waals surface area contributed by atoms with Gasteiger partial charge in [-0.05, 0) is 50.3 Å². The van der Waals surface area contributed by atoms with Gasteiger partial charge in [0.2, 0.25) is 5.91 Å². The Balaban J connectivity index is 1.47. The van der Waals surface area contributed by atoms with Gasteiger partial charge in [-0.15, -0.1) is 21.5 Å². The summed E-state index contributed by atoms with van der Waals surface area (Å²) in [5, 5.41) is 22.9. The fraction of sp³-hybridized carbons (Fsp3) is 0.440. The van der Waals surface area contributed by atoms with Crippen molar-refractivity contribution in [1.29, 1.82) is 5.26 Å². The standard InChI is InChI=1S/C25H30N6OS2/c1-4-31-23(17-10-9-11-18(14-17)30(2)3)28-29-25(31)33-16-22(32)27-24-20(15-26)19-12-7-5-6-8-13-21(19)34-24/h9-11,14H,4-8,12-13,16H2,1-3H3,(H,27,32). The summed E-state index contributed by atoms with van der Waals surface area (Å²) < 4.78 is 2.03. The number of anilines is 2. The molecule has 0 fully saturated rings. The molecule has 1 N–H and O–H groups in total. The van der Waals surface area contributed by atoms with Crippen LogP contribution in [-0.2, 0) is 24.2 Å². The summed E-state index contributed by atoms with van der Waals surface area (Å²) in [6.07, 6.45) is 6.62. The van der Waals surface area contributed by atoms with E-state index in [4.69, 9.17) is 0 Å². The number of amides is 1. The minimum Gasteiger partial charge on any atom is -0.378 e. The van der Waals surface area contributed by atoms with E-state index >= 15 is 0 Å². The Bertz CT molecular complexity index is 1210. The highest BCUT2D eigenvalue weighted by Gasteiger charge is 2.21.